The monoisotopic (exact) mass is 324 g/mol. The first-order chi connectivity index (χ1) is 11.1. The van der Waals surface area contributed by atoms with Gasteiger partial charge in [-0.25, -0.2) is 4.39 Å². The highest BCUT2D eigenvalue weighted by atomic mass is 32.2. The van der Waals surface area contributed by atoms with Gasteiger partial charge in [-0.2, -0.15) is 0 Å². The molecule has 1 aliphatic rings. The zero-order valence-corrected chi connectivity index (χ0v) is 13.9. The third kappa shape index (κ3) is 3.15. The van der Waals surface area contributed by atoms with Crippen molar-refractivity contribution in [2.24, 2.45) is 5.92 Å². The van der Waals surface area contributed by atoms with Gasteiger partial charge in [-0.05, 0) is 70.5 Å². The zero-order chi connectivity index (χ0) is 16.4. The highest BCUT2D eigenvalue weighted by Crippen LogP contribution is 2.40. The number of aldehydes is 1. The minimum Gasteiger partial charge on any atom is -0.303 e. The van der Waals surface area contributed by atoms with E-state index in [-0.39, 0.29) is 11.7 Å². The first-order valence-electron chi connectivity index (χ1n) is 7.45. The van der Waals surface area contributed by atoms with Gasteiger partial charge >= 0.3 is 0 Å². The van der Waals surface area contributed by atoms with Gasteiger partial charge in [0.15, 0.2) is 0 Å². The predicted molar refractivity (Wildman–Crippen MR) is 95.7 cm³/mol. The smallest absolute Gasteiger partial charge is 0.127 e. The predicted octanol–water partition coefficient (Wildman–Crippen LogP) is 5.32. The van der Waals surface area contributed by atoms with Crippen molar-refractivity contribution in [3.63, 3.8) is 0 Å². The number of fused-ring (bicyclic) bond motifs is 1. The average molecular weight is 324 g/mol. The topological polar surface area (TPSA) is 17.1 Å². The third-order valence-electron chi connectivity index (χ3n) is 4.05. The summed E-state index contributed by atoms with van der Waals surface area (Å²) < 4.78 is 13.6. The lowest BCUT2D eigenvalue weighted by molar-refractivity contribution is -0.109. The molecule has 0 bridgehead atoms. The number of carbonyl (C=O) groups is 1. The Kier molecular flexibility index (Phi) is 4.49. The van der Waals surface area contributed by atoms with E-state index in [1.165, 1.54) is 17.0 Å². The summed E-state index contributed by atoms with van der Waals surface area (Å²) in [5, 5.41) is 0. The SMILES string of the molecule is CSc1ccc(C=C2C=C(C(C)C=O)c3cc(F)ccc32)cc1. The molecule has 0 aliphatic heterocycles. The molecule has 0 amide bonds. The molecule has 0 aromatic heterocycles. The average Bonchev–Trinajstić information content (AvgIpc) is 2.92. The molecule has 3 heteroatoms. The van der Waals surface area contributed by atoms with Gasteiger partial charge in [-0.1, -0.05) is 25.1 Å². The van der Waals surface area contributed by atoms with Crippen LogP contribution in [0.25, 0.3) is 17.2 Å². The second-order valence-corrected chi connectivity index (χ2v) is 6.47. The van der Waals surface area contributed by atoms with E-state index in [1.807, 2.05) is 19.3 Å². The van der Waals surface area contributed by atoms with E-state index in [1.54, 1.807) is 17.8 Å². The highest BCUT2D eigenvalue weighted by Gasteiger charge is 2.22. The Morgan fingerprint density at radius 2 is 1.83 bits per heavy atom. The maximum Gasteiger partial charge on any atom is 0.127 e. The van der Waals surface area contributed by atoms with E-state index in [0.717, 1.165) is 34.1 Å². The van der Waals surface area contributed by atoms with Crippen LogP contribution in [0.4, 0.5) is 4.39 Å². The number of rotatable bonds is 4. The Balaban J connectivity index is 2.07. The molecule has 0 fully saturated rings. The van der Waals surface area contributed by atoms with E-state index in [2.05, 4.69) is 30.3 Å². The Morgan fingerprint density at radius 3 is 2.48 bits per heavy atom. The van der Waals surface area contributed by atoms with Crippen molar-refractivity contribution in [3.8, 4) is 0 Å². The lowest BCUT2D eigenvalue weighted by Gasteiger charge is -2.07. The molecule has 1 unspecified atom stereocenters. The van der Waals surface area contributed by atoms with Crippen LogP contribution >= 0.6 is 11.8 Å². The van der Waals surface area contributed by atoms with Crippen molar-refractivity contribution in [1.82, 2.24) is 0 Å². The van der Waals surface area contributed by atoms with Crippen LogP contribution < -0.4 is 0 Å². The summed E-state index contributed by atoms with van der Waals surface area (Å²) in [4.78, 5) is 12.4. The summed E-state index contributed by atoms with van der Waals surface area (Å²) in [6, 6.07) is 13.1. The normalized spacial score (nSPS) is 16.1. The van der Waals surface area contributed by atoms with Crippen LogP contribution in [0.15, 0.2) is 53.4 Å². The lowest BCUT2D eigenvalue weighted by atomic mass is 9.96. The molecule has 2 aromatic carbocycles. The minimum absolute atomic E-state index is 0.250. The summed E-state index contributed by atoms with van der Waals surface area (Å²) in [6.45, 7) is 1.84. The number of thioether (sulfide) groups is 1. The van der Waals surface area contributed by atoms with Crippen LogP contribution in [0, 0.1) is 11.7 Å². The Hall–Kier alpha value is -2.13. The van der Waals surface area contributed by atoms with Crippen LogP contribution in [0.1, 0.15) is 23.6 Å². The van der Waals surface area contributed by atoms with Gasteiger partial charge in [-0.3, -0.25) is 0 Å². The molecule has 0 saturated heterocycles. The van der Waals surface area contributed by atoms with E-state index in [9.17, 15) is 9.18 Å². The fourth-order valence-corrected chi connectivity index (χ4v) is 3.19. The quantitative estimate of drug-likeness (QED) is 0.559. The first-order valence-corrected chi connectivity index (χ1v) is 8.68. The number of allylic oxidation sites excluding steroid dienone is 3. The number of benzene rings is 2. The van der Waals surface area contributed by atoms with Crippen LogP contribution in [-0.2, 0) is 4.79 Å². The minimum atomic E-state index is -0.279. The number of hydrogen-bond donors (Lipinski definition) is 0. The van der Waals surface area contributed by atoms with E-state index in [4.69, 9.17) is 0 Å². The van der Waals surface area contributed by atoms with Crippen LogP contribution in [0.2, 0.25) is 0 Å². The zero-order valence-electron chi connectivity index (χ0n) is 13.0. The van der Waals surface area contributed by atoms with Crippen molar-refractivity contribution in [3.05, 3.63) is 71.0 Å². The number of hydrogen-bond acceptors (Lipinski definition) is 2. The largest absolute Gasteiger partial charge is 0.303 e. The van der Waals surface area contributed by atoms with Gasteiger partial charge in [-0.15, -0.1) is 11.8 Å². The van der Waals surface area contributed by atoms with Crippen molar-refractivity contribution < 1.29 is 9.18 Å². The maximum absolute atomic E-state index is 13.6. The molecule has 23 heavy (non-hydrogen) atoms. The summed E-state index contributed by atoms with van der Waals surface area (Å²) in [5.41, 5.74) is 4.77. The van der Waals surface area contributed by atoms with Gasteiger partial charge in [0.25, 0.3) is 0 Å². The molecule has 0 saturated carbocycles. The van der Waals surface area contributed by atoms with E-state index < -0.39 is 0 Å². The Labute approximate surface area is 139 Å². The molecule has 1 aliphatic carbocycles. The molecule has 0 spiro atoms. The molecular formula is C20H17FOS. The molecule has 3 rings (SSSR count). The fraction of sp³-hybridized carbons (Fsp3) is 0.150. The fourth-order valence-electron chi connectivity index (χ4n) is 2.78. The van der Waals surface area contributed by atoms with Gasteiger partial charge < -0.3 is 4.79 Å². The molecule has 0 heterocycles. The second kappa shape index (κ2) is 6.55. The van der Waals surface area contributed by atoms with Gasteiger partial charge in [0, 0.05) is 10.8 Å². The Morgan fingerprint density at radius 1 is 1.09 bits per heavy atom. The van der Waals surface area contributed by atoms with Gasteiger partial charge in [0.2, 0.25) is 0 Å². The van der Waals surface area contributed by atoms with Crippen molar-refractivity contribution in [2.45, 2.75) is 11.8 Å². The van der Waals surface area contributed by atoms with Crippen molar-refractivity contribution >= 4 is 35.3 Å². The van der Waals surface area contributed by atoms with Gasteiger partial charge in [0.1, 0.15) is 12.1 Å². The van der Waals surface area contributed by atoms with Crippen LogP contribution in [0.5, 0.6) is 0 Å². The van der Waals surface area contributed by atoms with Crippen molar-refractivity contribution in [1.29, 1.82) is 0 Å². The molecule has 0 radical (unpaired) electrons. The molecule has 1 nitrogen and oxygen atoms in total. The molecular weight excluding hydrogens is 307 g/mol. The van der Waals surface area contributed by atoms with Gasteiger partial charge in [0.05, 0.1) is 0 Å². The van der Waals surface area contributed by atoms with Crippen molar-refractivity contribution in [2.75, 3.05) is 6.26 Å². The molecule has 1 atom stereocenters. The second-order valence-electron chi connectivity index (χ2n) is 5.59. The van der Waals surface area contributed by atoms with Crippen LogP contribution in [0.3, 0.4) is 0 Å². The molecule has 116 valence electrons. The third-order valence-corrected chi connectivity index (χ3v) is 4.79. The summed E-state index contributed by atoms with van der Waals surface area (Å²) >= 11 is 1.70. The van der Waals surface area contributed by atoms with Crippen LogP contribution in [-0.4, -0.2) is 12.5 Å². The summed E-state index contributed by atoms with van der Waals surface area (Å²) in [5.74, 6) is -0.529. The summed E-state index contributed by atoms with van der Waals surface area (Å²) in [6.07, 6.45) is 7.01. The van der Waals surface area contributed by atoms with E-state index >= 15 is 0 Å². The van der Waals surface area contributed by atoms with E-state index in [0.29, 0.717) is 0 Å². The standard InChI is InChI=1S/C20H17FOS/c1-13(12-22)19-10-15(18-8-5-16(21)11-20(18)19)9-14-3-6-17(23-2)7-4-14/h3-13H,1-2H3. The Bertz CT molecular complexity index is 803. The number of halogens is 1. The number of carbonyl (C=O) groups excluding carboxylic acids is 1. The lowest BCUT2D eigenvalue weighted by Crippen LogP contribution is -1.98. The first kappa shape index (κ1) is 15.8. The highest BCUT2D eigenvalue weighted by molar-refractivity contribution is 7.98. The summed E-state index contributed by atoms with van der Waals surface area (Å²) in [7, 11) is 0. The molecule has 2 aromatic rings. The molecule has 0 N–H and O–H groups in total. The maximum atomic E-state index is 13.6.